The number of hydrogen-bond donors (Lipinski definition) is 0. The number of piperidine rings is 1. The average molecular weight is 562 g/mol. The van der Waals surface area contributed by atoms with E-state index in [9.17, 15) is 13.2 Å². The summed E-state index contributed by atoms with van der Waals surface area (Å²) < 4.78 is 40.7. The van der Waals surface area contributed by atoms with Gasteiger partial charge in [0.15, 0.2) is 5.82 Å². The molecule has 2 saturated heterocycles. The second-order valence-corrected chi connectivity index (χ2v) is 11.8. The van der Waals surface area contributed by atoms with Crippen molar-refractivity contribution >= 4 is 17.4 Å². The number of fused-ring (bicyclic) bond motifs is 3. The van der Waals surface area contributed by atoms with Crippen LogP contribution in [0.1, 0.15) is 56.2 Å². The largest absolute Gasteiger partial charge is 0.401 e. The van der Waals surface area contributed by atoms with Crippen LogP contribution in [0.25, 0.3) is 5.69 Å². The van der Waals surface area contributed by atoms with Crippen LogP contribution in [0, 0.1) is 5.92 Å². The monoisotopic (exact) mass is 561 g/mol. The Morgan fingerprint density at radius 3 is 2.54 bits per heavy atom. The van der Waals surface area contributed by atoms with Gasteiger partial charge < -0.3 is 4.90 Å². The highest BCUT2D eigenvalue weighted by Gasteiger charge is 2.41. The molecule has 0 bridgehead atoms. The van der Waals surface area contributed by atoms with Crippen molar-refractivity contribution in [2.45, 2.75) is 70.4 Å². The smallest absolute Gasteiger partial charge is 0.357 e. The lowest BCUT2D eigenvalue weighted by Gasteiger charge is -2.45. The summed E-state index contributed by atoms with van der Waals surface area (Å²) in [5, 5.41) is 9.95. The molecule has 4 aliphatic rings. The van der Waals surface area contributed by atoms with Gasteiger partial charge in [-0.25, -0.2) is 0 Å². The van der Waals surface area contributed by atoms with Gasteiger partial charge in [-0.05, 0) is 61.9 Å². The first-order valence-electron chi connectivity index (χ1n) is 14.0. The van der Waals surface area contributed by atoms with Crippen molar-refractivity contribution in [1.29, 1.82) is 0 Å². The third-order valence-electron chi connectivity index (χ3n) is 8.72. The van der Waals surface area contributed by atoms with E-state index < -0.39 is 12.7 Å². The van der Waals surface area contributed by atoms with Crippen molar-refractivity contribution in [3.63, 3.8) is 0 Å². The number of amidine groups is 1. The fraction of sp³-hybridized carbons (Fsp3) is 0.607. The second-order valence-electron chi connectivity index (χ2n) is 11.4. The highest BCUT2D eigenvalue weighted by atomic mass is 35.5. The molecule has 0 radical (unpaired) electrons. The van der Waals surface area contributed by atoms with E-state index >= 15 is 0 Å². The molecule has 39 heavy (non-hydrogen) atoms. The first kappa shape index (κ1) is 26.8. The molecular formula is C28H35ClF3N7. The van der Waals surface area contributed by atoms with Crippen LogP contribution in [0.2, 0.25) is 5.02 Å². The molecule has 2 fully saturated rings. The fourth-order valence-electron chi connectivity index (χ4n) is 6.48. The van der Waals surface area contributed by atoms with Crippen molar-refractivity contribution in [3.05, 3.63) is 52.6 Å². The number of aliphatic imine (C=N–C) groups is 1. The Labute approximate surface area is 232 Å². The molecule has 1 aromatic heterocycles. The van der Waals surface area contributed by atoms with Crippen LogP contribution in [0.15, 0.2) is 35.3 Å². The number of likely N-dealkylation sites (tertiary alicyclic amines) is 2. The molecule has 11 heteroatoms. The fourth-order valence-corrected chi connectivity index (χ4v) is 6.67. The van der Waals surface area contributed by atoms with Crippen LogP contribution in [0.4, 0.5) is 13.2 Å². The Balaban J connectivity index is 1.20. The van der Waals surface area contributed by atoms with E-state index in [1.165, 1.54) is 4.90 Å². The molecule has 0 aliphatic carbocycles. The van der Waals surface area contributed by atoms with Crippen molar-refractivity contribution in [2.24, 2.45) is 10.9 Å². The van der Waals surface area contributed by atoms with Gasteiger partial charge in [0.2, 0.25) is 0 Å². The molecule has 4 aliphatic heterocycles. The van der Waals surface area contributed by atoms with Gasteiger partial charge in [-0.15, -0.1) is 10.2 Å². The van der Waals surface area contributed by atoms with E-state index in [1.807, 2.05) is 18.2 Å². The lowest BCUT2D eigenvalue weighted by atomic mass is 9.93. The lowest BCUT2D eigenvalue weighted by molar-refractivity contribution is -0.161. The number of benzene rings is 1. The minimum Gasteiger partial charge on any atom is -0.357 e. The summed E-state index contributed by atoms with van der Waals surface area (Å²) in [6, 6.07) is 6.22. The van der Waals surface area contributed by atoms with E-state index in [0.29, 0.717) is 43.2 Å². The van der Waals surface area contributed by atoms with E-state index in [-0.39, 0.29) is 12.0 Å². The number of halogens is 4. The molecule has 0 N–H and O–H groups in total. The summed E-state index contributed by atoms with van der Waals surface area (Å²) in [6.45, 7) is 7.31. The zero-order valence-electron chi connectivity index (χ0n) is 22.4. The summed E-state index contributed by atoms with van der Waals surface area (Å²) in [5.74, 6) is 3.65. The Morgan fingerprint density at radius 2 is 1.85 bits per heavy atom. The van der Waals surface area contributed by atoms with Gasteiger partial charge >= 0.3 is 6.18 Å². The van der Waals surface area contributed by atoms with Gasteiger partial charge in [-0.2, -0.15) is 13.2 Å². The predicted molar refractivity (Wildman–Crippen MR) is 145 cm³/mol. The Morgan fingerprint density at radius 1 is 1.08 bits per heavy atom. The van der Waals surface area contributed by atoms with E-state index in [2.05, 4.69) is 50.6 Å². The number of hydrogen-bond acceptors (Lipinski definition) is 6. The van der Waals surface area contributed by atoms with Gasteiger partial charge in [0.1, 0.15) is 11.7 Å². The topological polar surface area (TPSA) is 52.8 Å². The van der Waals surface area contributed by atoms with E-state index in [0.717, 1.165) is 61.1 Å². The number of dihydropyridines is 1. The highest BCUT2D eigenvalue weighted by Crippen LogP contribution is 2.35. The number of nitrogens with zero attached hydrogens (tertiary/aromatic N) is 7. The van der Waals surface area contributed by atoms with Crippen LogP contribution >= 0.6 is 11.6 Å². The van der Waals surface area contributed by atoms with Crippen LogP contribution in [0.5, 0.6) is 0 Å². The maximum atomic E-state index is 12.9. The average Bonchev–Trinajstić information content (AvgIpc) is 3.21. The zero-order valence-corrected chi connectivity index (χ0v) is 23.2. The number of aromatic nitrogens is 3. The third-order valence-corrected chi connectivity index (χ3v) is 8.95. The summed E-state index contributed by atoms with van der Waals surface area (Å²) in [7, 11) is 0. The third kappa shape index (κ3) is 5.47. The molecule has 5 heterocycles. The first-order chi connectivity index (χ1) is 18.7. The molecule has 1 aromatic carbocycles. The minimum absolute atomic E-state index is 0.0353. The molecule has 210 valence electrons. The van der Waals surface area contributed by atoms with Gasteiger partial charge in [0.05, 0.1) is 24.8 Å². The molecule has 0 saturated carbocycles. The molecule has 2 aromatic rings. The summed E-state index contributed by atoms with van der Waals surface area (Å²) in [6.07, 6.45) is 3.32. The Bertz CT molecular complexity index is 1260. The van der Waals surface area contributed by atoms with Gasteiger partial charge in [-0.1, -0.05) is 24.6 Å². The SMILES string of the molecule is CCC1C=CC(N2CCC(c3nnc4n3-c3ccc(Cl)cc3CN(C3CN(CC(F)(F)F)C3)C4)CC2)=NC1C. The number of alkyl halides is 3. The van der Waals surface area contributed by atoms with Crippen LogP contribution in [0.3, 0.4) is 0 Å². The molecule has 7 nitrogen and oxygen atoms in total. The standard InChI is InChI=1S/C28H35ClF3N7/c1-3-19-4-7-25(33-18(19)2)37-10-8-20(9-11-37)27-35-34-26-16-38(23-14-36(15-23)17-28(30,31)32)13-21-12-22(29)5-6-24(21)39(26)27/h4-7,12,18-20,23H,3,8-11,13-17H2,1-2H3. The summed E-state index contributed by atoms with van der Waals surface area (Å²) >= 11 is 6.39. The normalized spacial score (nSPS) is 25.2. The lowest BCUT2D eigenvalue weighted by Crippen LogP contribution is -2.60. The van der Waals surface area contributed by atoms with E-state index in [4.69, 9.17) is 16.6 Å². The molecule has 2 atom stereocenters. The predicted octanol–water partition coefficient (Wildman–Crippen LogP) is 5.05. The summed E-state index contributed by atoms with van der Waals surface area (Å²) in [4.78, 5) is 11.0. The number of rotatable bonds is 4. The molecule has 6 rings (SSSR count). The highest BCUT2D eigenvalue weighted by molar-refractivity contribution is 6.30. The van der Waals surface area contributed by atoms with Crippen molar-refractivity contribution in [2.75, 3.05) is 32.7 Å². The molecule has 0 amide bonds. The van der Waals surface area contributed by atoms with Crippen LogP contribution < -0.4 is 0 Å². The van der Waals surface area contributed by atoms with E-state index in [1.54, 1.807) is 0 Å². The van der Waals surface area contributed by atoms with Crippen molar-refractivity contribution in [1.82, 2.24) is 29.5 Å². The Hall–Kier alpha value is -2.43. The minimum atomic E-state index is -4.18. The zero-order chi connectivity index (χ0) is 27.3. The second kappa shape index (κ2) is 10.5. The maximum Gasteiger partial charge on any atom is 0.401 e. The Kier molecular flexibility index (Phi) is 7.22. The van der Waals surface area contributed by atoms with Gasteiger partial charge in [0, 0.05) is 49.7 Å². The summed E-state index contributed by atoms with van der Waals surface area (Å²) in [5.41, 5.74) is 2.07. The van der Waals surface area contributed by atoms with Gasteiger partial charge in [-0.3, -0.25) is 19.4 Å². The maximum absolute atomic E-state index is 12.9. The van der Waals surface area contributed by atoms with Crippen molar-refractivity contribution < 1.29 is 13.2 Å². The molecule has 0 spiro atoms. The quantitative estimate of drug-likeness (QED) is 0.523. The van der Waals surface area contributed by atoms with Crippen LogP contribution in [-0.4, -0.2) is 86.3 Å². The van der Waals surface area contributed by atoms with Crippen LogP contribution in [-0.2, 0) is 13.1 Å². The molecular weight excluding hydrogens is 527 g/mol. The van der Waals surface area contributed by atoms with Crippen molar-refractivity contribution in [3.8, 4) is 5.69 Å². The first-order valence-corrected chi connectivity index (χ1v) is 14.3. The molecule has 2 unspecified atom stereocenters. The van der Waals surface area contributed by atoms with Gasteiger partial charge in [0.25, 0.3) is 0 Å².